The lowest BCUT2D eigenvalue weighted by molar-refractivity contribution is -0.110. The molecule has 2 rings (SSSR count). The maximum Gasteiger partial charge on any atom is 0.410 e. The first-order valence-corrected chi connectivity index (χ1v) is 8.22. The van der Waals surface area contributed by atoms with Crippen LogP contribution < -0.4 is 5.32 Å². The first-order valence-electron chi connectivity index (χ1n) is 8.22. The average Bonchev–Trinajstić information content (AvgIpc) is 2.79. The Morgan fingerprint density at radius 1 is 1.23 bits per heavy atom. The van der Waals surface area contributed by atoms with E-state index < -0.39 is 5.60 Å². The van der Waals surface area contributed by atoms with E-state index in [-0.39, 0.29) is 12.1 Å². The highest BCUT2D eigenvalue weighted by molar-refractivity contribution is 5.68. The largest absolute Gasteiger partial charge is 0.444 e. The van der Waals surface area contributed by atoms with E-state index in [0.717, 1.165) is 45.4 Å². The lowest BCUT2D eigenvalue weighted by Crippen LogP contribution is -2.48. The lowest BCUT2D eigenvalue weighted by Gasteiger charge is -2.37. The van der Waals surface area contributed by atoms with Crippen LogP contribution in [0, 0.1) is 5.92 Å². The van der Waals surface area contributed by atoms with E-state index in [1.807, 2.05) is 25.7 Å². The summed E-state index contributed by atoms with van der Waals surface area (Å²) in [7, 11) is 0. The van der Waals surface area contributed by atoms with Crippen molar-refractivity contribution in [3.05, 3.63) is 0 Å². The molecule has 6 heteroatoms. The van der Waals surface area contributed by atoms with Gasteiger partial charge in [0.1, 0.15) is 5.60 Å². The Morgan fingerprint density at radius 3 is 2.41 bits per heavy atom. The van der Waals surface area contributed by atoms with E-state index >= 15 is 0 Å². The van der Waals surface area contributed by atoms with Crippen molar-refractivity contribution in [3.8, 4) is 0 Å². The third-order valence-corrected chi connectivity index (χ3v) is 4.56. The average molecular weight is 311 g/mol. The number of amides is 2. The van der Waals surface area contributed by atoms with Gasteiger partial charge in [0, 0.05) is 38.3 Å². The summed E-state index contributed by atoms with van der Waals surface area (Å²) in [5.41, 5.74) is -0.438. The van der Waals surface area contributed by atoms with E-state index in [2.05, 4.69) is 17.1 Å². The zero-order valence-corrected chi connectivity index (χ0v) is 14.2. The molecule has 2 fully saturated rings. The van der Waals surface area contributed by atoms with Crippen LogP contribution in [-0.2, 0) is 9.53 Å². The summed E-state index contributed by atoms with van der Waals surface area (Å²) < 4.78 is 5.43. The van der Waals surface area contributed by atoms with Gasteiger partial charge in [0.15, 0.2) is 0 Å². The van der Waals surface area contributed by atoms with Gasteiger partial charge in [0.25, 0.3) is 0 Å². The molecule has 0 aromatic heterocycles. The Bertz CT molecular complexity index is 400. The normalized spacial score (nSPS) is 27.7. The molecule has 0 aromatic rings. The third kappa shape index (κ3) is 4.35. The molecule has 0 aliphatic carbocycles. The molecule has 0 aromatic carbocycles. The van der Waals surface area contributed by atoms with Gasteiger partial charge < -0.3 is 15.0 Å². The predicted octanol–water partition coefficient (Wildman–Crippen LogP) is 1.45. The van der Waals surface area contributed by atoms with E-state index in [4.69, 9.17) is 4.74 Å². The molecular weight excluding hydrogens is 282 g/mol. The van der Waals surface area contributed by atoms with E-state index in [1.165, 1.54) is 0 Å². The van der Waals surface area contributed by atoms with Crippen LogP contribution in [0.4, 0.5) is 4.79 Å². The summed E-state index contributed by atoms with van der Waals surface area (Å²) in [5.74, 6) is 0.481. The van der Waals surface area contributed by atoms with Gasteiger partial charge in [-0.1, -0.05) is 6.92 Å². The van der Waals surface area contributed by atoms with Crippen LogP contribution >= 0.6 is 0 Å². The number of carbonyl (C=O) groups is 2. The molecule has 1 N–H and O–H groups in total. The molecule has 22 heavy (non-hydrogen) atoms. The second-order valence-corrected chi connectivity index (χ2v) is 7.52. The summed E-state index contributed by atoms with van der Waals surface area (Å²) in [5, 5.41) is 2.91. The summed E-state index contributed by atoms with van der Waals surface area (Å²) in [4.78, 5) is 27.0. The second-order valence-electron chi connectivity index (χ2n) is 7.52. The molecule has 2 atom stereocenters. The molecular formula is C16H29N3O3. The molecule has 0 bridgehead atoms. The molecule has 2 amide bonds. The number of rotatable bonds is 3. The molecule has 2 aliphatic rings. The van der Waals surface area contributed by atoms with E-state index in [1.54, 1.807) is 0 Å². The van der Waals surface area contributed by atoms with Crippen molar-refractivity contribution in [3.63, 3.8) is 0 Å². The van der Waals surface area contributed by atoms with Crippen LogP contribution in [-0.4, -0.2) is 66.2 Å². The van der Waals surface area contributed by atoms with Crippen molar-refractivity contribution in [1.82, 2.24) is 15.1 Å². The highest BCUT2D eigenvalue weighted by Gasteiger charge is 2.36. The zero-order chi connectivity index (χ0) is 16.3. The predicted molar refractivity (Wildman–Crippen MR) is 84.6 cm³/mol. The number of carbonyl (C=O) groups excluding carboxylic acids is 2. The zero-order valence-electron chi connectivity index (χ0n) is 14.2. The monoisotopic (exact) mass is 311 g/mol. The summed E-state index contributed by atoms with van der Waals surface area (Å²) >= 11 is 0. The van der Waals surface area contributed by atoms with Crippen molar-refractivity contribution in [1.29, 1.82) is 0 Å². The Kier molecular flexibility index (Phi) is 5.32. The van der Waals surface area contributed by atoms with Crippen LogP contribution in [0.2, 0.25) is 0 Å². The summed E-state index contributed by atoms with van der Waals surface area (Å²) in [6, 6.07) is 0.751. The number of ether oxygens (including phenoxy) is 1. The van der Waals surface area contributed by atoms with Crippen molar-refractivity contribution in [2.75, 3.05) is 26.2 Å². The number of hydrogen-bond donors (Lipinski definition) is 1. The van der Waals surface area contributed by atoms with Crippen LogP contribution in [0.15, 0.2) is 0 Å². The molecule has 0 radical (unpaired) electrons. The highest BCUT2D eigenvalue weighted by Crippen LogP contribution is 2.25. The number of piperidine rings is 1. The summed E-state index contributed by atoms with van der Waals surface area (Å²) in [6.07, 6.45) is 2.54. The van der Waals surface area contributed by atoms with Gasteiger partial charge in [-0.3, -0.25) is 9.69 Å². The minimum absolute atomic E-state index is 0.207. The SMILES string of the molecule is CC1CN(C2CCN(C(=O)OC(C)(C)C)CC2)CC1NC=O. The molecule has 126 valence electrons. The molecule has 6 nitrogen and oxygen atoms in total. The van der Waals surface area contributed by atoms with Gasteiger partial charge in [-0.25, -0.2) is 4.79 Å². The first kappa shape index (κ1) is 17.1. The Hall–Kier alpha value is -1.30. The standard InChI is InChI=1S/C16H29N3O3/c1-12-9-19(10-14(12)17-11-20)13-5-7-18(8-6-13)15(21)22-16(2,3)4/h11-14H,5-10H2,1-4H3,(H,17,20). The maximum atomic E-state index is 12.1. The van der Waals surface area contributed by atoms with Crippen LogP contribution in [0.5, 0.6) is 0 Å². The topological polar surface area (TPSA) is 61.9 Å². The number of hydrogen-bond acceptors (Lipinski definition) is 4. The van der Waals surface area contributed by atoms with E-state index in [0.29, 0.717) is 12.0 Å². The van der Waals surface area contributed by atoms with E-state index in [9.17, 15) is 9.59 Å². The Balaban J connectivity index is 1.80. The quantitative estimate of drug-likeness (QED) is 0.802. The number of likely N-dealkylation sites (tertiary alicyclic amines) is 2. The smallest absolute Gasteiger partial charge is 0.410 e. The Morgan fingerprint density at radius 2 is 1.86 bits per heavy atom. The third-order valence-electron chi connectivity index (χ3n) is 4.56. The number of nitrogens with one attached hydrogen (secondary N) is 1. The molecule has 0 saturated carbocycles. The minimum Gasteiger partial charge on any atom is -0.444 e. The Labute approximate surface area is 133 Å². The van der Waals surface area contributed by atoms with Gasteiger partial charge in [0.05, 0.1) is 0 Å². The second kappa shape index (κ2) is 6.86. The minimum atomic E-state index is -0.438. The molecule has 2 aliphatic heterocycles. The molecule has 2 saturated heterocycles. The molecule has 0 spiro atoms. The van der Waals surface area contributed by atoms with Crippen molar-refractivity contribution in [2.45, 2.75) is 58.2 Å². The van der Waals surface area contributed by atoms with Gasteiger partial charge in [0.2, 0.25) is 6.41 Å². The molecule has 2 unspecified atom stereocenters. The summed E-state index contributed by atoms with van der Waals surface area (Å²) in [6.45, 7) is 11.3. The van der Waals surface area contributed by atoms with Gasteiger partial charge >= 0.3 is 6.09 Å². The van der Waals surface area contributed by atoms with Crippen molar-refractivity contribution in [2.24, 2.45) is 5.92 Å². The fraction of sp³-hybridized carbons (Fsp3) is 0.875. The number of nitrogens with zero attached hydrogens (tertiary/aromatic N) is 2. The first-order chi connectivity index (χ1) is 10.3. The van der Waals surface area contributed by atoms with Crippen LogP contribution in [0.25, 0.3) is 0 Å². The van der Waals surface area contributed by atoms with Gasteiger partial charge in [-0.05, 0) is 39.5 Å². The van der Waals surface area contributed by atoms with Crippen molar-refractivity contribution >= 4 is 12.5 Å². The lowest BCUT2D eigenvalue weighted by atomic mass is 10.0. The fourth-order valence-electron chi connectivity index (χ4n) is 3.35. The fourth-order valence-corrected chi connectivity index (χ4v) is 3.35. The molecule has 2 heterocycles. The van der Waals surface area contributed by atoms with Crippen molar-refractivity contribution < 1.29 is 14.3 Å². The van der Waals surface area contributed by atoms with Crippen LogP contribution in [0.3, 0.4) is 0 Å². The highest BCUT2D eigenvalue weighted by atomic mass is 16.6. The van der Waals surface area contributed by atoms with Gasteiger partial charge in [-0.15, -0.1) is 0 Å². The van der Waals surface area contributed by atoms with Gasteiger partial charge in [-0.2, -0.15) is 0 Å². The maximum absolute atomic E-state index is 12.1. The van der Waals surface area contributed by atoms with Crippen LogP contribution in [0.1, 0.15) is 40.5 Å².